The van der Waals surface area contributed by atoms with Crippen molar-refractivity contribution in [3.8, 4) is 0 Å². The van der Waals surface area contributed by atoms with Crippen LogP contribution in [-0.4, -0.2) is 140 Å². The van der Waals surface area contributed by atoms with Crippen LogP contribution in [0, 0.1) is 0 Å². The minimum absolute atomic E-state index is 0.251. The summed E-state index contributed by atoms with van der Waals surface area (Å²) in [6.07, 6.45) is 38.4. The summed E-state index contributed by atoms with van der Waals surface area (Å²) < 4.78 is 22.7. The van der Waals surface area contributed by atoms with E-state index < -0.39 is 86.8 Å². The number of hydrogen-bond donors (Lipinski definition) is 9. The van der Waals surface area contributed by atoms with Gasteiger partial charge in [0.1, 0.15) is 48.8 Å². The topological polar surface area (TPSA) is 228 Å². The summed E-state index contributed by atoms with van der Waals surface area (Å²) in [5.41, 5.74) is 0. The Bertz CT molecular complexity index is 1340. The minimum Gasteiger partial charge on any atom is -0.394 e. The van der Waals surface area contributed by atoms with E-state index in [1.807, 2.05) is 6.08 Å². The molecule has 0 aromatic heterocycles. The molecule has 9 N–H and O–H groups in total. The second kappa shape index (κ2) is 46.4. The number of carbonyl (C=O) groups excluding carboxylic acids is 1. The fourth-order valence-electron chi connectivity index (χ4n) is 10.2. The van der Waals surface area contributed by atoms with Gasteiger partial charge in [-0.1, -0.05) is 244 Å². The first-order valence-electron chi connectivity index (χ1n) is 30.6. The molecule has 14 nitrogen and oxygen atoms in total. The Labute approximate surface area is 449 Å². The zero-order valence-corrected chi connectivity index (χ0v) is 46.8. The van der Waals surface area contributed by atoms with E-state index in [1.54, 1.807) is 6.08 Å². The van der Waals surface area contributed by atoms with Crippen molar-refractivity contribution in [3.63, 3.8) is 0 Å². The molecular weight excluding hydrogens is 943 g/mol. The lowest BCUT2D eigenvalue weighted by Gasteiger charge is -2.46. The molecule has 12 unspecified atom stereocenters. The molecule has 0 radical (unpaired) electrons. The Morgan fingerprint density at radius 3 is 1.32 bits per heavy atom. The van der Waals surface area contributed by atoms with Gasteiger partial charge in [-0.25, -0.2) is 0 Å². The van der Waals surface area contributed by atoms with E-state index in [-0.39, 0.29) is 18.9 Å². The third-order valence-corrected chi connectivity index (χ3v) is 15.1. The maximum absolute atomic E-state index is 13.1. The molecule has 12 atom stereocenters. The number of unbranched alkanes of at least 4 members (excludes halogenated alkanes) is 34. The molecule has 2 heterocycles. The molecule has 2 aliphatic heterocycles. The van der Waals surface area contributed by atoms with Gasteiger partial charge in [-0.15, -0.1) is 0 Å². The van der Waals surface area contributed by atoms with Crippen LogP contribution in [-0.2, 0) is 23.7 Å². The summed E-state index contributed by atoms with van der Waals surface area (Å²) in [5.74, 6) is -0.251. The molecule has 74 heavy (non-hydrogen) atoms. The molecular formula is C60H113NO13. The predicted molar refractivity (Wildman–Crippen MR) is 295 cm³/mol. The maximum Gasteiger partial charge on any atom is 0.220 e. The number of amides is 1. The monoisotopic (exact) mass is 1060 g/mol. The van der Waals surface area contributed by atoms with Crippen molar-refractivity contribution < 1.29 is 64.6 Å². The summed E-state index contributed by atoms with van der Waals surface area (Å²) in [6.45, 7) is 2.76. The van der Waals surface area contributed by atoms with Crippen LogP contribution < -0.4 is 5.32 Å². The summed E-state index contributed by atoms with van der Waals surface area (Å²) in [6, 6.07) is -0.926. The summed E-state index contributed by atoms with van der Waals surface area (Å²) in [5, 5.41) is 86.8. The van der Waals surface area contributed by atoms with Crippen LogP contribution in [0.1, 0.15) is 258 Å². The van der Waals surface area contributed by atoms with Crippen LogP contribution in [0.3, 0.4) is 0 Å². The molecule has 0 aromatic rings. The molecule has 2 fully saturated rings. The van der Waals surface area contributed by atoms with E-state index in [2.05, 4.69) is 31.3 Å². The van der Waals surface area contributed by atoms with Crippen LogP contribution in [0.25, 0.3) is 0 Å². The third-order valence-electron chi connectivity index (χ3n) is 15.1. The predicted octanol–water partition coefficient (Wildman–Crippen LogP) is 10.4. The number of ether oxygens (including phenoxy) is 4. The number of rotatable bonds is 49. The van der Waals surface area contributed by atoms with E-state index in [0.29, 0.717) is 12.8 Å². The van der Waals surface area contributed by atoms with Gasteiger partial charge in [0.15, 0.2) is 12.6 Å². The molecule has 0 spiro atoms. The first kappa shape index (κ1) is 68.6. The van der Waals surface area contributed by atoms with Crippen LogP contribution in [0.15, 0.2) is 24.3 Å². The van der Waals surface area contributed by atoms with Crippen molar-refractivity contribution >= 4 is 5.91 Å². The summed E-state index contributed by atoms with van der Waals surface area (Å²) in [7, 11) is 0. The number of hydrogen-bond acceptors (Lipinski definition) is 13. The van der Waals surface area contributed by atoms with E-state index >= 15 is 0 Å². The van der Waals surface area contributed by atoms with Gasteiger partial charge in [-0.2, -0.15) is 0 Å². The van der Waals surface area contributed by atoms with E-state index in [1.165, 1.54) is 193 Å². The van der Waals surface area contributed by atoms with Crippen molar-refractivity contribution in [2.45, 2.75) is 331 Å². The van der Waals surface area contributed by atoms with Crippen LogP contribution >= 0.6 is 0 Å². The average Bonchev–Trinajstić information content (AvgIpc) is 3.40. The fraction of sp³-hybridized carbons (Fsp3) is 0.917. The highest BCUT2D eigenvalue weighted by molar-refractivity contribution is 5.76. The van der Waals surface area contributed by atoms with Gasteiger partial charge >= 0.3 is 0 Å². The molecule has 0 aromatic carbocycles. The highest BCUT2D eigenvalue weighted by Gasteiger charge is 2.51. The average molecular weight is 1060 g/mol. The van der Waals surface area contributed by atoms with Crippen molar-refractivity contribution in [1.29, 1.82) is 0 Å². The van der Waals surface area contributed by atoms with Crippen molar-refractivity contribution in [2.24, 2.45) is 0 Å². The van der Waals surface area contributed by atoms with Crippen molar-refractivity contribution in [2.75, 3.05) is 19.8 Å². The summed E-state index contributed by atoms with van der Waals surface area (Å²) in [4.78, 5) is 13.1. The lowest BCUT2D eigenvalue weighted by molar-refractivity contribution is -0.359. The molecule has 2 rings (SSSR count). The largest absolute Gasteiger partial charge is 0.394 e. The fourth-order valence-corrected chi connectivity index (χ4v) is 10.2. The van der Waals surface area contributed by atoms with Gasteiger partial charge in [0, 0.05) is 6.42 Å². The minimum atomic E-state index is -1.79. The highest BCUT2D eigenvalue weighted by Crippen LogP contribution is 2.30. The number of aliphatic hydroxyl groups is 8. The molecule has 14 heteroatoms. The van der Waals surface area contributed by atoms with Gasteiger partial charge in [-0.3, -0.25) is 4.79 Å². The first-order chi connectivity index (χ1) is 36.1. The van der Waals surface area contributed by atoms with Gasteiger partial charge in [-0.05, 0) is 32.1 Å². The number of aliphatic hydroxyl groups excluding tert-OH is 8. The van der Waals surface area contributed by atoms with Gasteiger partial charge in [0.2, 0.25) is 5.91 Å². The van der Waals surface area contributed by atoms with E-state index in [9.17, 15) is 45.6 Å². The Balaban J connectivity index is 1.65. The Morgan fingerprint density at radius 2 is 0.865 bits per heavy atom. The van der Waals surface area contributed by atoms with Gasteiger partial charge < -0.3 is 65.1 Å². The zero-order valence-electron chi connectivity index (χ0n) is 46.8. The van der Waals surface area contributed by atoms with Crippen molar-refractivity contribution in [3.05, 3.63) is 24.3 Å². The molecule has 0 aliphatic carbocycles. The third kappa shape index (κ3) is 31.8. The first-order valence-corrected chi connectivity index (χ1v) is 30.6. The Hall–Kier alpha value is -1.53. The van der Waals surface area contributed by atoms with Crippen LogP contribution in [0.2, 0.25) is 0 Å². The van der Waals surface area contributed by atoms with E-state index in [0.717, 1.165) is 32.1 Å². The number of allylic oxidation sites excluding steroid dienone is 3. The molecule has 2 saturated heterocycles. The summed E-state index contributed by atoms with van der Waals surface area (Å²) >= 11 is 0. The lowest BCUT2D eigenvalue weighted by Crippen LogP contribution is -2.65. The molecule has 1 amide bonds. The lowest BCUT2D eigenvalue weighted by atomic mass is 9.97. The molecule has 436 valence electrons. The maximum atomic E-state index is 13.1. The molecule has 0 bridgehead atoms. The molecule has 2 aliphatic rings. The quantitative estimate of drug-likeness (QED) is 0.0204. The van der Waals surface area contributed by atoms with E-state index in [4.69, 9.17) is 18.9 Å². The van der Waals surface area contributed by atoms with Crippen LogP contribution in [0.4, 0.5) is 0 Å². The van der Waals surface area contributed by atoms with Crippen molar-refractivity contribution in [1.82, 2.24) is 5.32 Å². The van der Waals surface area contributed by atoms with Gasteiger partial charge in [0.05, 0.1) is 32.0 Å². The van der Waals surface area contributed by atoms with Crippen LogP contribution in [0.5, 0.6) is 0 Å². The number of nitrogens with one attached hydrogen (secondary N) is 1. The highest BCUT2D eigenvalue weighted by atomic mass is 16.7. The second-order valence-corrected chi connectivity index (χ2v) is 21.8. The standard InChI is InChI=1S/C60H113NO13/c1-3-5-7-9-11-13-14-15-16-17-18-19-20-21-22-23-24-25-26-27-28-29-30-31-32-33-34-36-37-39-41-43-49(64)48(61-52(65)44-42-40-38-35-12-10-8-6-4-2)47-71-59-57(70)55(68)58(51(46-63)73-59)74-60-56(69)54(67)53(66)50(45-62)72-60/h34,36,41,43,48-51,53-60,62-64,66-70H,3-33,35,37-40,42,44-47H2,1-2H3,(H,61,65)/b36-34+,43-41+. The zero-order chi connectivity index (χ0) is 53.9. The van der Waals surface area contributed by atoms with Gasteiger partial charge in [0.25, 0.3) is 0 Å². The molecule has 0 saturated carbocycles. The normalized spacial score (nSPS) is 25.3. The smallest absolute Gasteiger partial charge is 0.220 e. The number of carbonyl (C=O) groups is 1. The second-order valence-electron chi connectivity index (χ2n) is 21.8. The Kier molecular flexibility index (Phi) is 43.0. The Morgan fingerprint density at radius 1 is 0.473 bits per heavy atom. The SMILES string of the molecule is CCCCCCCCCCCCCCCCCCCCCCCCCCC/C=C/CC/C=C/C(O)C(COC1OC(CO)C(OC2OC(CO)C(O)C(O)C2O)C(O)C1O)NC(=O)CCCCCCCCCCC.